The molecule has 2 aromatic rings. The van der Waals surface area contributed by atoms with E-state index in [1.54, 1.807) is 25.0 Å². The standard InChI is InChI=1S/C13H18N4O2/c1-4-5-6-7-8-17-12(18)10-11(14-9-15(10)2)16(3)13(17)19/h4-5,9H,6-8H2,1-3H3. The fraction of sp³-hybridized carbons (Fsp3) is 0.462. The minimum atomic E-state index is -0.309. The van der Waals surface area contributed by atoms with E-state index in [2.05, 4.69) is 4.98 Å². The molecule has 2 aromatic heterocycles. The minimum absolute atomic E-state index is 0.265. The van der Waals surface area contributed by atoms with Gasteiger partial charge in [-0.25, -0.2) is 9.78 Å². The van der Waals surface area contributed by atoms with Gasteiger partial charge in [0.25, 0.3) is 5.56 Å². The summed E-state index contributed by atoms with van der Waals surface area (Å²) in [6, 6.07) is 0. The molecule has 0 bridgehead atoms. The van der Waals surface area contributed by atoms with E-state index < -0.39 is 0 Å². The summed E-state index contributed by atoms with van der Waals surface area (Å²) < 4.78 is 4.36. The summed E-state index contributed by atoms with van der Waals surface area (Å²) in [5.41, 5.74) is 0.325. The van der Waals surface area contributed by atoms with Gasteiger partial charge in [-0.15, -0.1) is 0 Å². The Hall–Kier alpha value is -2.11. The first-order valence-corrected chi connectivity index (χ1v) is 6.30. The molecule has 0 saturated carbocycles. The number of unbranched alkanes of at least 4 members (excludes halogenated alkanes) is 1. The van der Waals surface area contributed by atoms with Gasteiger partial charge in [0.05, 0.1) is 6.33 Å². The van der Waals surface area contributed by atoms with E-state index in [1.165, 1.54) is 9.13 Å². The van der Waals surface area contributed by atoms with Crippen molar-refractivity contribution in [3.63, 3.8) is 0 Å². The zero-order valence-corrected chi connectivity index (χ0v) is 11.5. The fourth-order valence-electron chi connectivity index (χ4n) is 2.13. The molecule has 2 heterocycles. The smallest absolute Gasteiger partial charge is 0.328 e. The van der Waals surface area contributed by atoms with Crippen LogP contribution < -0.4 is 11.2 Å². The number of rotatable bonds is 4. The maximum Gasteiger partial charge on any atom is 0.332 e. The molecule has 19 heavy (non-hydrogen) atoms. The zero-order valence-electron chi connectivity index (χ0n) is 11.5. The molecule has 2 rings (SSSR count). The van der Waals surface area contributed by atoms with Gasteiger partial charge in [0.15, 0.2) is 11.2 Å². The average molecular weight is 262 g/mol. The van der Waals surface area contributed by atoms with Crippen LogP contribution in [0.15, 0.2) is 28.1 Å². The molecule has 0 atom stereocenters. The Morgan fingerprint density at radius 2 is 2.05 bits per heavy atom. The number of aryl methyl sites for hydroxylation is 2. The summed E-state index contributed by atoms with van der Waals surface area (Å²) in [5, 5.41) is 0. The maximum atomic E-state index is 12.3. The average Bonchev–Trinajstić information content (AvgIpc) is 2.77. The van der Waals surface area contributed by atoms with Crippen molar-refractivity contribution >= 4 is 11.2 Å². The van der Waals surface area contributed by atoms with Crippen LogP contribution in [0.3, 0.4) is 0 Å². The molecule has 102 valence electrons. The van der Waals surface area contributed by atoms with E-state index in [1.807, 2.05) is 19.1 Å². The first-order valence-electron chi connectivity index (χ1n) is 6.30. The lowest BCUT2D eigenvalue weighted by molar-refractivity contribution is 0.575. The molecular formula is C13H18N4O2. The minimum Gasteiger partial charge on any atom is -0.328 e. The van der Waals surface area contributed by atoms with Gasteiger partial charge in [0.1, 0.15) is 0 Å². The zero-order chi connectivity index (χ0) is 14.0. The molecule has 0 N–H and O–H groups in total. The fourth-order valence-corrected chi connectivity index (χ4v) is 2.13. The third-order valence-electron chi connectivity index (χ3n) is 3.19. The highest BCUT2D eigenvalue weighted by Gasteiger charge is 2.14. The summed E-state index contributed by atoms with van der Waals surface area (Å²) in [6.45, 7) is 2.38. The summed E-state index contributed by atoms with van der Waals surface area (Å²) in [6.07, 6.45) is 7.16. The van der Waals surface area contributed by atoms with Crippen molar-refractivity contribution < 1.29 is 0 Å². The summed E-state index contributed by atoms with van der Waals surface area (Å²) in [7, 11) is 3.39. The largest absolute Gasteiger partial charge is 0.332 e. The third-order valence-corrected chi connectivity index (χ3v) is 3.19. The van der Waals surface area contributed by atoms with Gasteiger partial charge in [0.2, 0.25) is 0 Å². The summed E-state index contributed by atoms with van der Waals surface area (Å²) >= 11 is 0. The van der Waals surface area contributed by atoms with Crippen LogP contribution >= 0.6 is 0 Å². The van der Waals surface area contributed by atoms with Crippen molar-refractivity contribution in [3.8, 4) is 0 Å². The Balaban J connectivity index is 2.52. The lowest BCUT2D eigenvalue weighted by Gasteiger charge is -2.07. The SMILES string of the molecule is CC=CCCCn1c(=O)c2c(ncn2C)n(C)c1=O. The van der Waals surface area contributed by atoms with E-state index >= 15 is 0 Å². The Kier molecular flexibility index (Phi) is 3.69. The second-order valence-electron chi connectivity index (χ2n) is 4.54. The molecule has 0 aromatic carbocycles. The molecule has 0 amide bonds. The van der Waals surface area contributed by atoms with Gasteiger partial charge >= 0.3 is 5.69 Å². The predicted octanol–water partition coefficient (Wildman–Crippen LogP) is 0.790. The number of fused-ring (bicyclic) bond motifs is 1. The van der Waals surface area contributed by atoms with E-state index in [9.17, 15) is 9.59 Å². The van der Waals surface area contributed by atoms with Crippen molar-refractivity contribution in [1.29, 1.82) is 0 Å². The number of hydrogen-bond acceptors (Lipinski definition) is 3. The van der Waals surface area contributed by atoms with Crippen molar-refractivity contribution in [1.82, 2.24) is 18.7 Å². The molecule has 6 heteroatoms. The second-order valence-corrected chi connectivity index (χ2v) is 4.54. The van der Waals surface area contributed by atoms with E-state index in [0.717, 1.165) is 12.8 Å². The number of imidazole rings is 1. The Bertz CT molecular complexity index is 733. The third kappa shape index (κ3) is 2.25. The van der Waals surface area contributed by atoms with Crippen molar-refractivity contribution in [2.45, 2.75) is 26.3 Å². The summed E-state index contributed by atoms with van der Waals surface area (Å²) in [4.78, 5) is 28.5. The predicted molar refractivity (Wildman–Crippen MR) is 74.3 cm³/mol. The van der Waals surface area contributed by atoms with Crippen LogP contribution in [-0.4, -0.2) is 18.7 Å². The monoisotopic (exact) mass is 262 g/mol. The highest BCUT2D eigenvalue weighted by atomic mass is 16.2. The lowest BCUT2D eigenvalue weighted by Crippen LogP contribution is -2.39. The Morgan fingerprint density at radius 3 is 2.74 bits per heavy atom. The molecule has 0 aliphatic rings. The molecular weight excluding hydrogens is 244 g/mol. The molecule has 0 fully saturated rings. The Labute approximate surface area is 110 Å². The number of hydrogen-bond donors (Lipinski definition) is 0. The van der Waals surface area contributed by atoms with Gasteiger partial charge in [-0.2, -0.15) is 0 Å². The Morgan fingerprint density at radius 1 is 1.32 bits per heavy atom. The van der Waals surface area contributed by atoms with Crippen LogP contribution in [0.5, 0.6) is 0 Å². The quantitative estimate of drug-likeness (QED) is 0.604. The summed E-state index contributed by atoms with van der Waals surface area (Å²) in [5.74, 6) is 0. The van der Waals surface area contributed by atoms with Crippen molar-refractivity contribution in [2.24, 2.45) is 14.1 Å². The van der Waals surface area contributed by atoms with Crippen LogP contribution in [0.25, 0.3) is 11.2 Å². The van der Waals surface area contributed by atoms with Crippen molar-refractivity contribution in [2.75, 3.05) is 0 Å². The number of allylic oxidation sites excluding steroid dienone is 2. The molecule has 0 unspecified atom stereocenters. The first-order chi connectivity index (χ1) is 9.07. The molecule has 0 radical (unpaired) electrons. The van der Waals surface area contributed by atoms with Gasteiger partial charge in [0, 0.05) is 20.6 Å². The van der Waals surface area contributed by atoms with Gasteiger partial charge in [-0.1, -0.05) is 12.2 Å². The molecule has 6 nitrogen and oxygen atoms in total. The van der Waals surface area contributed by atoms with Crippen LogP contribution in [0.2, 0.25) is 0 Å². The maximum absolute atomic E-state index is 12.3. The molecule has 0 spiro atoms. The number of aromatic nitrogens is 4. The highest BCUT2D eigenvalue weighted by molar-refractivity contribution is 5.69. The highest BCUT2D eigenvalue weighted by Crippen LogP contribution is 2.03. The van der Waals surface area contributed by atoms with Gasteiger partial charge in [-0.3, -0.25) is 13.9 Å². The van der Waals surface area contributed by atoms with E-state index in [0.29, 0.717) is 17.7 Å². The van der Waals surface area contributed by atoms with E-state index in [4.69, 9.17) is 0 Å². The van der Waals surface area contributed by atoms with Crippen LogP contribution in [-0.2, 0) is 20.6 Å². The normalized spacial score (nSPS) is 11.7. The van der Waals surface area contributed by atoms with Crippen LogP contribution in [0.4, 0.5) is 0 Å². The van der Waals surface area contributed by atoms with Crippen LogP contribution in [0.1, 0.15) is 19.8 Å². The van der Waals surface area contributed by atoms with Gasteiger partial charge in [-0.05, 0) is 19.8 Å². The first kappa shape index (κ1) is 13.3. The second kappa shape index (κ2) is 5.26. The van der Waals surface area contributed by atoms with Gasteiger partial charge < -0.3 is 4.57 Å². The van der Waals surface area contributed by atoms with E-state index in [-0.39, 0.29) is 11.2 Å². The molecule has 0 aliphatic heterocycles. The topological polar surface area (TPSA) is 61.8 Å². The van der Waals surface area contributed by atoms with Crippen molar-refractivity contribution in [3.05, 3.63) is 39.3 Å². The lowest BCUT2D eigenvalue weighted by atomic mass is 10.3. The molecule has 0 aliphatic carbocycles. The number of nitrogens with zero attached hydrogens (tertiary/aromatic N) is 4. The molecule has 0 saturated heterocycles. The van der Waals surface area contributed by atoms with Crippen LogP contribution in [0, 0.1) is 0 Å².